The zero-order chi connectivity index (χ0) is 13.8. The maximum atomic E-state index is 11.1. The molecule has 2 atom stereocenters. The van der Waals surface area contributed by atoms with Gasteiger partial charge in [-0.05, 0) is 30.9 Å². The molecule has 1 saturated carbocycles. The summed E-state index contributed by atoms with van der Waals surface area (Å²) < 4.78 is 0. The van der Waals surface area contributed by atoms with Gasteiger partial charge in [-0.25, -0.2) is 4.98 Å². The van der Waals surface area contributed by atoms with Crippen LogP contribution in [0.4, 0.5) is 11.5 Å². The van der Waals surface area contributed by atoms with Crippen molar-refractivity contribution >= 4 is 17.4 Å². The van der Waals surface area contributed by atoms with Crippen LogP contribution in [0.25, 0.3) is 0 Å². The molecule has 1 amide bonds. The Kier molecular flexibility index (Phi) is 4.24. The van der Waals surface area contributed by atoms with Gasteiger partial charge in [0.1, 0.15) is 11.5 Å². The first-order valence-corrected chi connectivity index (χ1v) is 6.93. The molecule has 0 bridgehead atoms. The van der Waals surface area contributed by atoms with E-state index in [1.165, 1.54) is 19.3 Å². The number of nitrogen functional groups attached to an aromatic ring is 1. The Morgan fingerprint density at radius 2 is 2.26 bits per heavy atom. The van der Waals surface area contributed by atoms with Crippen LogP contribution in [0, 0.1) is 5.92 Å². The Hall–Kier alpha value is -1.78. The Morgan fingerprint density at radius 3 is 2.95 bits per heavy atom. The normalized spacial score (nSPS) is 23.0. The zero-order valence-electron chi connectivity index (χ0n) is 11.4. The number of aromatic nitrogens is 1. The van der Waals surface area contributed by atoms with Crippen molar-refractivity contribution < 1.29 is 4.79 Å². The van der Waals surface area contributed by atoms with Crippen molar-refractivity contribution in [2.45, 2.75) is 45.1 Å². The lowest BCUT2D eigenvalue weighted by molar-refractivity contribution is 0.0995. The maximum Gasteiger partial charge on any atom is 0.267 e. The number of amides is 1. The smallest absolute Gasteiger partial charge is 0.267 e. The molecule has 1 fully saturated rings. The quantitative estimate of drug-likeness (QED) is 0.775. The van der Waals surface area contributed by atoms with Gasteiger partial charge in [-0.2, -0.15) is 0 Å². The van der Waals surface area contributed by atoms with E-state index < -0.39 is 5.91 Å². The number of nitrogens with two attached hydrogens (primary N) is 2. The molecule has 0 saturated heterocycles. The highest BCUT2D eigenvalue weighted by Gasteiger charge is 2.21. The number of carbonyl (C=O) groups is 1. The van der Waals surface area contributed by atoms with Crippen molar-refractivity contribution in [3.05, 3.63) is 17.8 Å². The van der Waals surface area contributed by atoms with Gasteiger partial charge in [0.15, 0.2) is 0 Å². The minimum atomic E-state index is -0.530. The van der Waals surface area contributed by atoms with E-state index in [2.05, 4.69) is 17.2 Å². The Morgan fingerprint density at radius 1 is 1.47 bits per heavy atom. The van der Waals surface area contributed by atoms with Crippen molar-refractivity contribution in [2.24, 2.45) is 11.7 Å². The molecule has 0 aromatic carbocycles. The highest BCUT2D eigenvalue weighted by Crippen LogP contribution is 2.29. The third-order valence-corrected chi connectivity index (χ3v) is 3.88. The summed E-state index contributed by atoms with van der Waals surface area (Å²) in [5.41, 5.74) is 11.9. The van der Waals surface area contributed by atoms with E-state index in [-0.39, 0.29) is 5.69 Å². The van der Waals surface area contributed by atoms with Crippen molar-refractivity contribution in [2.75, 3.05) is 11.1 Å². The lowest BCUT2D eigenvalue weighted by Crippen LogP contribution is -2.28. The van der Waals surface area contributed by atoms with E-state index in [4.69, 9.17) is 11.5 Å². The molecular weight excluding hydrogens is 240 g/mol. The highest BCUT2D eigenvalue weighted by atomic mass is 16.1. The SMILES string of the molecule is CCC1CCCC(Nc2nc(C(N)=O)ccc2N)C1. The topological polar surface area (TPSA) is 94.0 Å². The van der Waals surface area contributed by atoms with Crippen LogP contribution in [0.5, 0.6) is 0 Å². The molecule has 19 heavy (non-hydrogen) atoms. The van der Waals surface area contributed by atoms with Crippen LogP contribution in [0.15, 0.2) is 12.1 Å². The Bertz CT molecular complexity index is 461. The molecule has 5 heteroatoms. The molecule has 1 aliphatic carbocycles. The average molecular weight is 262 g/mol. The van der Waals surface area contributed by atoms with E-state index >= 15 is 0 Å². The molecule has 2 unspecified atom stereocenters. The van der Waals surface area contributed by atoms with Gasteiger partial charge in [-0.3, -0.25) is 4.79 Å². The highest BCUT2D eigenvalue weighted by molar-refractivity contribution is 5.91. The van der Waals surface area contributed by atoms with Gasteiger partial charge >= 0.3 is 0 Å². The van der Waals surface area contributed by atoms with Gasteiger partial charge in [-0.1, -0.05) is 26.2 Å². The minimum Gasteiger partial charge on any atom is -0.396 e. The third kappa shape index (κ3) is 3.36. The molecule has 0 spiro atoms. The summed E-state index contributed by atoms with van der Waals surface area (Å²) in [7, 11) is 0. The number of hydrogen-bond donors (Lipinski definition) is 3. The van der Waals surface area contributed by atoms with Crippen molar-refractivity contribution in [3.8, 4) is 0 Å². The third-order valence-electron chi connectivity index (χ3n) is 3.88. The second-order valence-corrected chi connectivity index (χ2v) is 5.28. The van der Waals surface area contributed by atoms with Crippen molar-refractivity contribution in [1.29, 1.82) is 0 Å². The average Bonchev–Trinajstić information content (AvgIpc) is 2.41. The van der Waals surface area contributed by atoms with E-state index in [1.807, 2.05) is 0 Å². The molecule has 104 valence electrons. The Labute approximate surface area is 113 Å². The fraction of sp³-hybridized carbons (Fsp3) is 0.571. The number of hydrogen-bond acceptors (Lipinski definition) is 4. The molecule has 1 heterocycles. The van der Waals surface area contributed by atoms with Crippen LogP contribution in [0.2, 0.25) is 0 Å². The largest absolute Gasteiger partial charge is 0.396 e. The van der Waals surface area contributed by atoms with Crippen molar-refractivity contribution in [1.82, 2.24) is 4.98 Å². The molecule has 0 radical (unpaired) electrons. The van der Waals surface area contributed by atoms with Crippen LogP contribution in [0.3, 0.4) is 0 Å². The molecule has 0 aliphatic heterocycles. The fourth-order valence-electron chi connectivity index (χ4n) is 2.71. The molecule has 2 rings (SSSR count). The summed E-state index contributed by atoms with van der Waals surface area (Å²) in [5.74, 6) is 0.822. The predicted molar refractivity (Wildman–Crippen MR) is 76.8 cm³/mol. The number of primary amides is 1. The van der Waals surface area contributed by atoms with Crippen LogP contribution >= 0.6 is 0 Å². The van der Waals surface area contributed by atoms with Gasteiger partial charge in [0.05, 0.1) is 5.69 Å². The molecule has 5 nitrogen and oxygen atoms in total. The van der Waals surface area contributed by atoms with E-state index in [9.17, 15) is 4.79 Å². The molecular formula is C14H22N4O. The zero-order valence-corrected chi connectivity index (χ0v) is 11.4. The number of pyridine rings is 1. The van der Waals surface area contributed by atoms with Gasteiger partial charge in [0.25, 0.3) is 5.91 Å². The van der Waals surface area contributed by atoms with Crippen LogP contribution < -0.4 is 16.8 Å². The first kappa shape index (κ1) is 13.6. The van der Waals surface area contributed by atoms with Gasteiger partial charge in [0, 0.05) is 6.04 Å². The number of nitrogens with one attached hydrogen (secondary N) is 1. The number of rotatable bonds is 4. The molecule has 1 aromatic heterocycles. The van der Waals surface area contributed by atoms with Crippen LogP contribution in [-0.4, -0.2) is 16.9 Å². The number of nitrogens with zero attached hydrogens (tertiary/aromatic N) is 1. The standard InChI is InChI=1S/C14H22N4O/c1-2-9-4-3-5-10(8-9)17-14-11(15)6-7-12(18-14)13(16)19/h6-7,9-10H,2-5,8,15H2,1H3,(H2,16,19)(H,17,18). The van der Waals surface area contributed by atoms with Crippen LogP contribution in [0.1, 0.15) is 49.5 Å². The minimum absolute atomic E-state index is 0.250. The summed E-state index contributed by atoms with van der Waals surface area (Å²) in [6.07, 6.45) is 6.00. The summed E-state index contributed by atoms with van der Waals surface area (Å²) in [6, 6.07) is 3.62. The maximum absolute atomic E-state index is 11.1. The van der Waals surface area contributed by atoms with E-state index in [0.717, 1.165) is 18.8 Å². The Balaban J connectivity index is 2.09. The fourth-order valence-corrected chi connectivity index (χ4v) is 2.71. The van der Waals surface area contributed by atoms with E-state index in [1.54, 1.807) is 12.1 Å². The number of anilines is 2. The van der Waals surface area contributed by atoms with Gasteiger partial charge in [0.2, 0.25) is 0 Å². The van der Waals surface area contributed by atoms with Crippen LogP contribution in [-0.2, 0) is 0 Å². The predicted octanol–water partition coefficient (Wildman–Crippen LogP) is 2.14. The first-order chi connectivity index (χ1) is 9.10. The summed E-state index contributed by atoms with van der Waals surface area (Å²) in [6.45, 7) is 2.23. The monoisotopic (exact) mass is 262 g/mol. The van der Waals surface area contributed by atoms with Gasteiger partial charge in [-0.15, -0.1) is 0 Å². The summed E-state index contributed by atoms with van der Waals surface area (Å²) in [5, 5.41) is 3.36. The molecule has 5 N–H and O–H groups in total. The van der Waals surface area contributed by atoms with Gasteiger partial charge < -0.3 is 16.8 Å². The second-order valence-electron chi connectivity index (χ2n) is 5.28. The second kappa shape index (κ2) is 5.91. The lowest BCUT2D eigenvalue weighted by atomic mass is 9.84. The first-order valence-electron chi connectivity index (χ1n) is 6.93. The lowest BCUT2D eigenvalue weighted by Gasteiger charge is -2.29. The number of carbonyl (C=O) groups excluding carboxylic acids is 1. The summed E-state index contributed by atoms with van der Waals surface area (Å²) >= 11 is 0. The summed E-state index contributed by atoms with van der Waals surface area (Å²) in [4.78, 5) is 15.4. The van der Waals surface area contributed by atoms with Crippen molar-refractivity contribution in [3.63, 3.8) is 0 Å². The molecule has 1 aromatic rings. The van der Waals surface area contributed by atoms with E-state index in [0.29, 0.717) is 17.5 Å². The molecule has 1 aliphatic rings.